The molecule has 0 aromatic carbocycles. The molecule has 3 nitrogen and oxygen atoms in total. The van der Waals surface area contributed by atoms with E-state index in [2.05, 4.69) is 16.8 Å². The van der Waals surface area contributed by atoms with E-state index in [1.54, 1.807) is 0 Å². The fourth-order valence-electron chi connectivity index (χ4n) is 2.47. The zero-order valence-corrected chi connectivity index (χ0v) is 9.15. The minimum Gasteiger partial charge on any atom is -0.395 e. The van der Waals surface area contributed by atoms with Gasteiger partial charge in [0.2, 0.25) is 0 Å². The number of nitrogens with zero attached hydrogens (tertiary/aromatic N) is 2. The summed E-state index contributed by atoms with van der Waals surface area (Å²) in [4.78, 5) is 4.94. The first kappa shape index (κ1) is 10.4. The highest BCUT2D eigenvalue weighted by atomic mass is 16.3. The lowest BCUT2D eigenvalue weighted by molar-refractivity contribution is 0.151. The van der Waals surface area contributed by atoms with Crippen LogP contribution in [0.1, 0.15) is 25.7 Å². The van der Waals surface area contributed by atoms with Crippen molar-refractivity contribution < 1.29 is 5.11 Å². The molecule has 2 aliphatic rings. The summed E-state index contributed by atoms with van der Waals surface area (Å²) >= 11 is 0. The minimum absolute atomic E-state index is 0.312. The monoisotopic (exact) mass is 198 g/mol. The predicted molar refractivity (Wildman–Crippen MR) is 57.3 cm³/mol. The summed E-state index contributed by atoms with van der Waals surface area (Å²) in [7, 11) is 2.22. The Morgan fingerprint density at radius 3 is 2.64 bits per heavy atom. The third-order valence-electron chi connectivity index (χ3n) is 3.57. The van der Waals surface area contributed by atoms with Crippen LogP contribution >= 0.6 is 0 Å². The van der Waals surface area contributed by atoms with Gasteiger partial charge < -0.3 is 10.0 Å². The summed E-state index contributed by atoms with van der Waals surface area (Å²) in [5, 5.41) is 9.00. The molecule has 1 heterocycles. The van der Waals surface area contributed by atoms with Gasteiger partial charge in [-0.05, 0) is 39.3 Å². The van der Waals surface area contributed by atoms with E-state index in [9.17, 15) is 0 Å². The van der Waals surface area contributed by atoms with Crippen LogP contribution in [0.4, 0.5) is 0 Å². The molecule has 0 spiro atoms. The molecule has 0 amide bonds. The number of aliphatic hydroxyl groups excluding tert-OH is 1. The summed E-state index contributed by atoms with van der Waals surface area (Å²) in [6, 6.07) is 1.53. The van der Waals surface area contributed by atoms with Gasteiger partial charge in [0.05, 0.1) is 6.61 Å². The van der Waals surface area contributed by atoms with Gasteiger partial charge in [-0.3, -0.25) is 4.90 Å². The standard InChI is InChI=1S/C11H22N2O/c1-12-6-2-3-11(12)9-13(7-8-14)10-4-5-10/h10-11,14H,2-9H2,1H3/t11-/m0/s1. The SMILES string of the molecule is CN1CCC[C@H]1CN(CCO)C1CC1. The van der Waals surface area contributed by atoms with Gasteiger partial charge in [0.1, 0.15) is 0 Å². The van der Waals surface area contributed by atoms with Gasteiger partial charge in [0.15, 0.2) is 0 Å². The molecule has 0 aromatic rings. The molecule has 2 rings (SSSR count). The van der Waals surface area contributed by atoms with Crippen LogP contribution < -0.4 is 0 Å². The maximum Gasteiger partial charge on any atom is 0.0558 e. The van der Waals surface area contributed by atoms with Crippen molar-refractivity contribution in [1.29, 1.82) is 0 Å². The van der Waals surface area contributed by atoms with Gasteiger partial charge >= 0.3 is 0 Å². The number of hydrogen-bond acceptors (Lipinski definition) is 3. The molecule has 1 saturated carbocycles. The summed E-state index contributed by atoms with van der Waals surface area (Å²) < 4.78 is 0. The lowest BCUT2D eigenvalue weighted by Crippen LogP contribution is -2.40. The first-order valence-electron chi connectivity index (χ1n) is 5.86. The Hall–Kier alpha value is -0.120. The molecule has 1 aliphatic carbocycles. The molecular weight excluding hydrogens is 176 g/mol. The quantitative estimate of drug-likeness (QED) is 0.698. The molecule has 0 unspecified atom stereocenters. The van der Waals surface area contributed by atoms with Crippen LogP contribution in [0.25, 0.3) is 0 Å². The summed E-state index contributed by atoms with van der Waals surface area (Å²) in [5.41, 5.74) is 0. The molecular formula is C11H22N2O. The van der Waals surface area contributed by atoms with Crippen LogP contribution in [-0.4, -0.2) is 60.3 Å². The number of likely N-dealkylation sites (tertiary alicyclic amines) is 1. The fraction of sp³-hybridized carbons (Fsp3) is 1.00. The van der Waals surface area contributed by atoms with Gasteiger partial charge in [-0.1, -0.05) is 0 Å². The Balaban J connectivity index is 1.80. The second kappa shape index (κ2) is 4.60. The van der Waals surface area contributed by atoms with E-state index in [-0.39, 0.29) is 0 Å². The van der Waals surface area contributed by atoms with Crippen LogP contribution in [0.5, 0.6) is 0 Å². The number of likely N-dealkylation sites (N-methyl/N-ethyl adjacent to an activating group) is 1. The van der Waals surface area contributed by atoms with Crippen LogP contribution in [0.15, 0.2) is 0 Å². The van der Waals surface area contributed by atoms with Crippen molar-refractivity contribution in [2.75, 3.05) is 33.3 Å². The summed E-state index contributed by atoms with van der Waals surface area (Å²) in [6.07, 6.45) is 5.37. The van der Waals surface area contributed by atoms with Crippen molar-refractivity contribution in [3.8, 4) is 0 Å². The third kappa shape index (κ3) is 2.47. The van der Waals surface area contributed by atoms with Gasteiger partial charge in [-0.2, -0.15) is 0 Å². The topological polar surface area (TPSA) is 26.7 Å². The van der Waals surface area contributed by atoms with Gasteiger partial charge in [-0.15, -0.1) is 0 Å². The Labute approximate surface area is 86.7 Å². The van der Waals surface area contributed by atoms with E-state index < -0.39 is 0 Å². The molecule has 0 bridgehead atoms. The van der Waals surface area contributed by atoms with Crippen LogP contribution in [0.3, 0.4) is 0 Å². The van der Waals surface area contributed by atoms with E-state index in [1.807, 2.05) is 0 Å². The lowest BCUT2D eigenvalue weighted by atomic mass is 10.2. The normalized spacial score (nSPS) is 28.9. The van der Waals surface area contributed by atoms with Crippen molar-refractivity contribution in [2.45, 2.75) is 37.8 Å². The lowest BCUT2D eigenvalue weighted by Gasteiger charge is -2.28. The van der Waals surface area contributed by atoms with Gasteiger partial charge in [0.25, 0.3) is 0 Å². The Morgan fingerprint density at radius 1 is 1.36 bits per heavy atom. The van der Waals surface area contributed by atoms with Crippen molar-refractivity contribution in [1.82, 2.24) is 9.80 Å². The maximum absolute atomic E-state index is 9.00. The largest absolute Gasteiger partial charge is 0.395 e. The molecule has 0 radical (unpaired) electrons. The zero-order chi connectivity index (χ0) is 9.97. The van der Waals surface area contributed by atoms with Gasteiger partial charge in [0, 0.05) is 25.2 Å². The highest BCUT2D eigenvalue weighted by molar-refractivity contribution is 4.88. The molecule has 82 valence electrons. The second-order valence-corrected chi connectivity index (χ2v) is 4.73. The average molecular weight is 198 g/mol. The number of aliphatic hydroxyl groups is 1. The molecule has 1 aliphatic heterocycles. The first-order chi connectivity index (χ1) is 6.81. The first-order valence-corrected chi connectivity index (χ1v) is 5.86. The molecule has 1 saturated heterocycles. The molecule has 3 heteroatoms. The van der Waals surface area contributed by atoms with Crippen molar-refractivity contribution >= 4 is 0 Å². The zero-order valence-electron chi connectivity index (χ0n) is 9.15. The fourth-order valence-corrected chi connectivity index (χ4v) is 2.47. The molecule has 1 N–H and O–H groups in total. The highest BCUT2D eigenvalue weighted by Gasteiger charge is 2.32. The van der Waals surface area contributed by atoms with Crippen LogP contribution in [-0.2, 0) is 0 Å². The Bertz CT molecular complexity index is 182. The second-order valence-electron chi connectivity index (χ2n) is 4.73. The Morgan fingerprint density at radius 2 is 2.14 bits per heavy atom. The maximum atomic E-state index is 9.00. The third-order valence-corrected chi connectivity index (χ3v) is 3.57. The highest BCUT2D eigenvalue weighted by Crippen LogP contribution is 2.28. The summed E-state index contributed by atoms with van der Waals surface area (Å²) in [6.45, 7) is 3.60. The van der Waals surface area contributed by atoms with E-state index in [0.717, 1.165) is 18.6 Å². The molecule has 0 aromatic heterocycles. The molecule has 2 fully saturated rings. The van der Waals surface area contributed by atoms with E-state index in [4.69, 9.17) is 5.11 Å². The van der Waals surface area contributed by atoms with Crippen LogP contribution in [0, 0.1) is 0 Å². The summed E-state index contributed by atoms with van der Waals surface area (Å²) in [5.74, 6) is 0. The average Bonchev–Trinajstić information content (AvgIpc) is 2.93. The van der Waals surface area contributed by atoms with Crippen molar-refractivity contribution in [3.05, 3.63) is 0 Å². The smallest absolute Gasteiger partial charge is 0.0558 e. The predicted octanol–water partition coefficient (Wildman–Crippen LogP) is 0.537. The van der Waals surface area contributed by atoms with Crippen molar-refractivity contribution in [3.63, 3.8) is 0 Å². The Kier molecular flexibility index (Phi) is 3.42. The molecule has 14 heavy (non-hydrogen) atoms. The number of rotatable bonds is 5. The molecule has 1 atom stereocenters. The van der Waals surface area contributed by atoms with E-state index in [1.165, 1.54) is 38.8 Å². The number of hydrogen-bond donors (Lipinski definition) is 1. The minimum atomic E-state index is 0.312. The van der Waals surface area contributed by atoms with Crippen molar-refractivity contribution in [2.24, 2.45) is 0 Å². The van der Waals surface area contributed by atoms with E-state index >= 15 is 0 Å². The van der Waals surface area contributed by atoms with Crippen LogP contribution in [0.2, 0.25) is 0 Å². The van der Waals surface area contributed by atoms with E-state index in [0.29, 0.717) is 6.61 Å². The van der Waals surface area contributed by atoms with Gasteiger partial charge in [-0.25, -0.2) is 0 Å².